The molecule has 2 heterocycles. The zero-order valence-electron chi connectivity index (χ0n) is 19.1. The Labute approximate surface area is 202 Å². The Kier molecular flexibility index (Phi) is 7.68. The molecule has 2 N–H and O–H groups in total. The summed E-state index contributed by atoms with van der Waals surface area (Å²) in [7, 11) is 1.56. The second-order valence-corrected chi connectivity index (χ2v) is 8.61. The van der Waals surface area contributed by atoms with Gasteiger partial charge < -0.3 is 19.9 Å². The van der Waals surface area contributed by atoms with E-state index >= 15 is 0 Å². The van der Waals surface area contributed by atoms with Crippen LogP contribution in [0, 0.1) is 11.3 Å². The zero-order chi connectivity index (χ0) is 24.1. The van der Waals surface area contributed by atoms with Gasteiger partial charge >= 0.3 is 0 Å². The van der Waals surface area contributed by atoms with E-state index in [1.165, 1.54) is 4.68 Å². The van der Waals surface area contributed by atoms with Crippen molar-refractivity contribution >= 4 is 28.1 Å². The lowest BCUT2D eigenvalue weighted by Gasteiger charge is -2.22. The van der Waals surface area contributed by atoms with Crippen molar-refractivity contribution in [1.82, 2.24) is 9.78 Å². The average molecular weight is 483 g/mol. The third-order valence-electron chi connectivity index (χ3n) is 5.90. The summed E-state index contributed by atoms with van der Waals surface area (Å²) in [6.07, 6.45) is 3.87. The van der Waals surface area contributed by atoms with Crippen LogP contribution in [0.2, 0.25) is 5.02 Å². The van der Waals surface area contributed by atoms with Gasteiger partial charge in [0, 0.05) is 25.0 Å². The molecule has 4 rings (SSSR count). The lowest BCUT2D eigenvalue weighted by atomic mass is 10.0. The van der Waals surface area contributed by atoms with Crippen molar-refractivity contribution in [3.63, 3.8) is 0 Å². The molecule has 0 aliphatic carbocycles. The van der Waals surface area contributed by atoms with E-state index in [9.17, 15) is 10.1 Å². The Balaban J connectivity index is 1.64. The molecule has 34 heavy (non-hydrogen) atoms. The molecule has 1 aromatic heterocycles. The summed E-state index contributed by atoms with van der Waals surface area (Å²) in [4.78, 5) is 13.2. The number of methoxy groups -OCH3 is 1. The van der Waals surface area contributed by atoms with Gasteiger partial charge in [-0.2, -0.15) is 10.4 Å². The van der Waals surface area contributed by atoms with Crippen LogP contribution in [0.1, 0.15) is 42.5 Å². The average Bonchev–Trinajstić information content (AvgIpc) is 2.85. The van der Waals surface area contributed by atoms with Crippen LogP contribution in [-0.4, -0.2) is 36.4 Å². The molecule has 1 saturated heterocycles. The number of nitrogens with zero attached hydrogens (tertiary/aromatic N) is 3. The molecule has 3 aromatic rings. The van der Waals surface area contributed by atoms with Crippen molar-refractivity contribution < 1.29 is 14.2 Å². The van der Waals surface area contributed by atoms with E-state index in [0.29, 0.717) is 58.8 Å². The van der Waals surface area contributed by atoms with Gasteiger partial charge in [0.05, 0.1) is 41.1 Å². The highest BCUT2D eigenvalue weighted by molar-refractivity contribution is 6.32. The molecule has 0 radical (unpaired) electrons. The first kappa shape index (κ1) is 24.0. The van der Waals surface area contributed by atoms with Gasteiger partial charge in [0.2, 0.25) is 0 Å². The first-order valence-corrected chi connectivity index (χ1v) is 11.7. The van der Waals surface area contributed by atoms with Crippen LogP contribution in [0.15, 0.2) is 35.1 Å². The molecule has 0 saturated carbocycles. The number of aryl methyl sites for hydroxylation is 1. The molecule has 8 nitrogen and oxygen atoms in total. The Morgan fingerprint density at radius 1 is 1.32 bits per heavy atom. The van der Waals surface area contributed by atoms with Crippen LogP contribution in [0.4, 0.5) is 5.69 Å². The molecule has 0 amide bonds. The van der Waals surface area contributed by atoms with E-state index in [1.54, 1.807) is 31.4 Å². The number of nitriles is 1. The van der Waals surface area contributed by atoms with Crippen molar-refractivity contribution in [1.29, 1.82) is 5.26 Å². The fourth-order valence-corrected chi connectivity index (χ4v) is 4.43. The Morgan fingerprint density at radius 3 is 2.88 bits per heavy atom. The summed E-state index contributed by atoms with van der Waals surface area (Å²) in [5, 5.41) is 15.5. The quantitative estimate of drug-likeness (QED) is 0.381. The lowest BCUT2D eigenvalue weighted by molar-refractivity contribution is -0.163. The van der Waals surface area contributed by atoms with Crippen LogP contribution >= 0.6 is 11.6 Å². The molecular formula is C25H27ClN4O4. The Bertz CT molecular complexity index is 1280. The number of aromatic nitrogens is 2. The van der Waals surface area contributed by atoms with Gasteiger partial charge in [-0.25, -0.2) is 4.68 Å². The molecule has 1 aliphatic rings. The van der Waals surface area contributed by atoms with E-state index < -0.39 is 0 Å². The maximum Gasteiger partial charge on any atom is 0.274 e. The molecular weight excluding hydrogens is 456 g/mol. The minimum absolute atomic E-state index is 0.172. The third kappa shape index (κ3) is 5.17. The maximum atomic E-state index is 13.2. The summed E-state index contributed by atoms with van der Waals surface area (Å²) in [5.74, 6) is 0.571. The Hall–Kier alpha value is -3.12. The van der Waals surface area contributed by atoms with Gasteiger partial charge in [0.25, 0.3) is 5.56 Å². The van der Waals surface area contributed by atoms with Crippen molar-refractivity contribution in [2.45, 2.75) is 44.9 Å². The largest absolute Gasteiger partial charge is 0.495 e. The van der Waals surface area contributed by atoms with E-state index in [4.69, 9.17) is 31.5 Å². The van der Waals surface area contributed by atoms with Crippen LogP contribution in [-0.2, 0) is 22.4 Å². The highest BCUT2D eigenvalue weighted by Crippen LogP contribution is 2.29. The second kappa shape index (κ2) is 10.9. The molecule has 1 atom stereocenters. The molecule has 2 aromatic carbocycles. The van der Waals surface area contributed by atoms with Gasteiger partial charge in [-0.1, -0.05) is 17.7 Å². The summed E-state index contributed by atoms with van der Waals surface area (Å²) in [6.45, 7) is 1.58. The number of nitrogen functional groups attached to an aromatic ring is 1. The van der Waals surface area contributed by atoms with Crippen LogP contribution in [0.25, 0.3) is 10.8 Å². The summed E-state index contributed by atoms with van der Waals surface area (Å²) in [6, 6.07) is 10.8. The molecule has 1 unspecified atom stereocenters. The number of rotatable bonds is 8. The van der Waals surface area contributed by atoms with Gasteiger partial charge in [0.15, 0.2) is 6.29 Å². The summed E-state index contributed by atoms with van der Waals surface area (Å²) in [5.41, 5.74) is 8.08. The topological polar surface area (TPSA) is 112 Å². The minimum atomic E-state index is -0.253. The fraction of sp³-hybridized carbons (Fsp3) is 0.400. The smallest absolute Gasteiger partial charge is 0.274 e. The number of ether oxygens (including phenoxy) is 3. The lowest BCUT2D eigenvalue weighted by Crippen LogP contribution is -2.27. The highest BCUT2D eigenvalue weighted by Gasteiger charge is 2.17. The number of nitrogens with two attached hydrogens (primary N) is 1. The Morgan fingerprint density at radius 2 is 2.18 bits per heavy atom. The number of hydrogen-bond acceptors (Lipinski definition) is 7. The molecule has 0 spiro atoms. The van der Waals surface area contributed by atoms with E-state index in [1.807, 2.05) is 6.07 Å². The SMILES string of the molecule is COc1ccc(Cc2nn(CCCOC3CCCCO3)c(=O)c3ccc(C#N)c(N)c23)cc1Cl. The van der Waals surface area contributed by atoms with Gasteiger partial charge in [-0.3, -0.25) is 4.79 Å². The normalized spacial score (nSPS) is 15.9. The van der Waals surface area contributed by atoms with E-state index in [2.05, 4.69) is 11.2 Å². The molecule has 1 fully saturated rings. The van der Waals surface area contributed by atoms with E-state index in [0.717, 1.165) is 31.4 Å². The number of benzene rings is 2. The van der Waals surface area contributed by atoms with Gasteiger partial charge in [0.1, 0.15) is 11.8 Å². The number of halogens is 1. The van der Waals surface area contributed by atoms with Crippen LogP contribution in [0.5, 0.6) is 5.75 Å². The summed E-state index contributed by atoms with van der Waals surface area (Å²) < 4.78 is 18.1. The zero-order valence-corrected chi connectivity index (χ0v) is 19.8. The number of hydrogen-bond donors (Lipinski definition) is 1. The van der Waals surface area contributed by atoms with Gasteiger partial charge in [-0.05, 0) is 55.5 Å². The predicted molar refractivity (Wildman–Crippen MR) is 130 cm³/mol. The highest BCUT2D eigenvalue weighted by atomic mass is 35.5. The van der Waals surface area contributed by atoms with Crippen molar-refractivity contribution in [3.8, 4) is 11.8 Å². The van der Waals surface area contributed by atoms with Crippen molar-refractivity contribution in [2.75, 3.05) is 26.1 Å². The minimum Gasteiger partial charge on any atom is -0.495 e. The fourth-order valence-electron chi connectivity index (χ4n) is 4.15. The number of anilines is 1. The molecule has 1 aliphatic heterocycles. The standard InChI is InChI=1S/C25H27ClN4O4/c1-32-21-9-6-16(13-19(21)26)14-20-23-18(8-7-17(15-27)24(23)28)25(31)30(29-20)10-4-12-34-22-5-2-3-11-33-22/h6-9,13,22H,2-5,10-12,14,28H2,1H3. The van der Waals surface area contributed by atoms with Crippen LogP contribution < -0.4 is 16.0 Å². The predicted octanol–water partition coefficient (Wildman–Crippen LogP) is 4.04. The maximum absolute atomic E-state index is 13.2. The molecule has 0 bridgehead atoms. The molecule has 178 valence electrons. The third-order valence-corrected chi connectivity index (χ3v) is 6.20. The van der Waals surface area contributed by atoms with Gasteiger partial charge in [-0.15, -0.1) is 0 Å². The monoisotopic (exact) mass is 482 g/mol. The second-order valence-electron chi connectivity index (χ2n) is 8.20. The van der Waals surface area contributed by atoms with Crippen molar-refractivity contribution in [3.05, 3.63) is 62.5 Å². The van der Waals surface area contributed by atoms with Crippen LogP contribution in [0.3, 0.4) is 0 Å². The first-order chi connectivity index (χ1) is 16.5. The van der Waals surface area contributed by atoms with Crippen molar-refractivity contribution in [2.24, 2.45) is 0 Å². The summed E-state index contributed by atoms with van der Waals surface area (Å²) >= 11 is 6.31. The van der Waals surface area contributed by atoms with E-state index in [-0.39, 0.29) is 17.5 Å². The first-order valence-electron chi connectivity index (χ1n) is 11.3. The molecule has 9 heteroatoms. The number of fused-ring (bicyclic) bond motifs is 1.